The van der Waals surface area contributed by atoms with Crippen molar-refractivity contribution in [1.82, 2.24) is 20.0 Å². The molecular weight excluding hydrogens is 422 g/mol. The molecule has 9 nitrogen and oxygen atoms in total. The normalized spacial score (nSPS) is 14.2. The molecule has 0 bridgehead atoms. The lowest BCUT2D eigenvalue weighted by Crippen LogP contribution is -2.38. The van der Waals surface area contributed by atoms with Crippen LogP contribution in [0.2, 0.25) is 0 Å². The third-order valence-corrected chi connectivity index (χ3v) is 5.59. The van der Waals surface area contributed by atoms with Gasteiger partial charge in [0.25, 0.3) is 5.69 Å². The molecular formula is C24H27N5O4. The van der Waals surface area contributed by atoms with Crippen LogP contribution in [0.1, 0.15) is 12.0 Å². The van der Waals surface area contributed by atoms with Gasteiger partial charge in [-0.15, -0.1) is 0 Å². The summed E-state index contributed by atoms with van der Waals surface area (Å²) in [6.07, 6.45) is 2.90. The quantitative estimate of drug-likeness (QED) is 0.306. The number of amides is 1. The van der Waals surface area contributed by atoms with Gasteiger partial charge in [-0.25, -0.2) is 4.68 Å². The third-order valence-electron chi connectivity index (χ3n) is 5.59. The molecule has 0 saturated carbocycles. The fourth-order valence-corrected chi connectivity index (χ4v) is 3.83. The van der Waals surface area contributed by atoms with Gasteiger partial charge in [0.15, 0.2) is 0 Å². The van der Waals surface area contributed by atoms with Gasteiger partial charge in [-0.05, 0) is 37.2 Å². The number of non-ortho nitro benzene ring substituents is 1. The van der Waals surface area contributed by atoms with Crippen molar-refractivity contribution < 1.29 is 14.5 Å². The number of carbonyl (C=O) groups is 1. The number of morpholine rings is 1. The molecule has 0 aliphatic carbocycles. The topological polar surface area (TPSA) is 103 Å². The van der Waals surface area contributed by atoms with Crippen LogP contribution >= 0.6 is 0 Å². The summed E-state index contributed by atoms with van der Waals surface area (Å²) in [6, 6.07) is 15.9. The predicted octanol–water partition coefficient (Wildman–Crippen LogP) is 2.83. The second-order valence-electron chi connectivity index (χ2n) is 7.92. The first-order chi connectivity index (χ1) is 16.1. The minimum absolute atomic E-state index is 0.0146. The van der Waals surface area contributed by atoms with E-state index in [0.29, 0.717) is 12.2 Å². The van der Waals surface area contributed by atoms with E-state index in [9.17, 15) is 14.9 Å². The number of nitrogens with zero attached hydrogens (tertiary/aromatic N) is 4. The van der Waals surface area contributed by atoms with Crippen molar-refractivity contribution in [3.63, 3.8) is 0 Å². The van der Waals surface area contributed by atoms with Gasteiger partial charge in [-0.2, -0.15) is 5.10 Å². The molecule has 172 valence electrons. The molecule has 0 atom stereocenters. The average molecular weight is 450 g/mol. The Hall–Kier alpha value is -3.56. The van der Waals surface area contributed by atoms with Crippen LogP contribution in [0.25, 0.3) is 16.9 Å². The number of nitro groups is 1. The lowest BCUT2D eigenvalue weighted by Gasteiger charge is -2.26. The molecule has 1 fully saturated rings. The number of rotatable bonds is 9. The largest absolute Gasteiger partial charge is 0.379 e. The van der Waals surface area contributed by atoms with E-state index in [2.05, 4.69) is 15.3 Å². The summed E-state index contributed by atoms with van der Waals surface area (Å²) < 4.78 is 7.09. The first kappa shape index (κ1) is 22.6. The molecule has 1 aliphatic rings. The zero-order chi connectivity index (χ0) is 23.0. The van der Waals surface area contributed by atoms with Crippen molar-refractivity contribution in [3.8, 4) is 16.9 Å². The zero-order valence-corrected chi connectivity index (χ0v) is 18.4. The van der Waals surface area contributed by atoms with Crippen LogP contribution in [0, 0.1) is 10.1 Å². The fraction of sp³-hybridized carbons (Fsp3) is 0.333. The monoisotopic (exact) mass is 449 g/mol. The number of hydrogen-bond donors (Lipinski definition) is 1. The van der Waals surface area contributed by atoms with Crippen LogP contribution in [-0.2, 0) is 16.0 Å². The molecule has 1 aromatic heterocycles. The summed E-state index contributed by atoms with van der Waals surface area (Å²) in [6.45, 7) is 4.95. The van der Waals surface area contributed by atoms with Crippen LogP contribution in [0.15, 0.2) is 60.8 Å². The number of aromatic nitrogens is 2. The van der Waals surface area contributed by atoms with E-state index in [1.807, 2.05) is 36.5 Å². The fourth-order valence-electron chi connectivity index (χ4n) is 3.83. The Labute approximate surface area is 192 Å². The van der Waals surface area contributed by atoms with E-state index in [1.165, 1.54) is 12.1 Å². The Morgan fingerprint density at radius 3 is 2.52 bits per heavy atom. The number of hydrogen-bond acceptors (Lipinski definition) is 6. The van der Waals surface area contributed by atoms with E-state index in [4.69, 9.17) is 4.74 Å². The molecule has 4 rings (SSSR count). The molecule has 2 aromatic carbocycles. The lowest BCUT2D eigenvalue weighted by molar-refractivity contribution is -0.384. The molecule has 3 aromatic rings. The van der Waals surface area contributed by atoms with Crippen molar-refractivity contribution in [2.75, 3.05) is 39.4 Å². The molecule has 1 N–H and O–H groups in total. The maximum Gasteiger partial charge on any atom is 0.269 e. The van der Waals surface area contributed by atoms with Gasteiger partial charge in [0.1, 0.15) is 0 Å². The van der Waals surface area contributed by atoms with E-state index in [1.54, 1.807) is 16.8 Å². The number of nitrogens with one attached hydrogen (secondary N) is 1. The van der Waals surface area contributed by atoms with Gasteiger partial charge < -0.3 is 10.1 Å². The van der Waals surface area contributed by atoms with Crippen molar-refractivity contribution in [2.24, 2.45) is 0 Å². The highest BCUT2D eigenvalue weighted by Gasteiger charge is 2.17. The van der Waals surface area contributed by atoms with Crippen molar-refractivity contribution >= 4 is 11.6 Å². The van der Waals surface area contributed by atoms with Gasteiger partial charge in [0.2, 0.25) is 5.91 Å². The number of nitro benzene ring substituents is 1. The molecule has 1 aliphatic heterocycles. The highest BCUT2D eigenvalue weighted by Crippen LogP contribution is 2.26. The smallest absolute Gasteiger partial charge is 0.269 e. The molecule has 0 spiro atoms. The molecule has 33 heavy (non-hydrogen) atoms. The second kappa shape index (κ2) is 10.8. The van der Waals surface area contributed by atoms with Gasteiger partial charge in [0.05, 0.1) is 35.9 Å². The Morgan fingerprint density at radius 2 is 1.82 bits per heavy atom. The van der Waals surface area contributed by atoms with Crippen LogP contribution in [0.4, 0.5) is 5.69 Å². The SMILES string of the molecule is O=C(Cc1cn(-c2ccccc2)nc1-c1ccc([N+](=O)[O-])cc1)NCCCN1CCOCC1. The van der Waals surface area contributed by atoms with Gasteiger partial charge in [-0.3, -0.25) is 19.8 Å². The second-order valence-corrected chi connectivity index (χ2v) is 7.92. The highest BCUT2D eigenvalue weighted by atomic mass is 16.6. The van der Waals surface area contributed by atoms with Crippen LogP contribution < -0.4 is 5.32 Å². The van der Waals surface area contributed by atoms with Gasteiger partial charge >= 0.3 is 0 Å². The van der Waals surface area contributed by atoms with E-state index >= 15 is 0 Å². The summed E-state index contributed by atoms with van der Waals surface area (Å²) in [5, 5.41) is 18.7. The van der Waals surface area contributed by atoms with Crippen molar-refractivity contribution in [1.29, 1.82) is 0 Å². The van der Waals surface area contributed by atoms with Gasteiger partial charge in [-0.1, -0.05) is 18.2 Å². The number of ether oxygens (including phenoxy) is 1. The Balaban J connectivity index is 1.45. The predicted molar refractivity (Wildman–Crippen MR) is 124 cm³/mol. The van der Waals surface area contributed by atoms with Crippen molar-refractivity contribution in [3.05, 3.63) is 76.5 Å². The maximum absolute atomic E-state index is 12.7. The average Bonchev–Trinajstić information content (AvgIpc) is 3.27. The molecule has 2 heterocycles. The summed E-state index contributed by atoms with van der Waals surface area (Å²) in [5.74, 6) is -0.0762. The lowest BCUT2D eigenvalue weighted by atomic mass is 10.1. The minimum Gasteiger partial charge on any atom is -0.379 e. The maximum atomic E-state index is 12.7. The van der Waals surface area contributed by atoms with E-state index in [0.717, 1.165) is 56.1 Å². The van der Waals surface area contributed by atoms with E-state index in [-0.39, 0.29) is 18.0 Å². The Morgan fingerprint density at radius 1 is 1.09 bits per heavy atom. The number of benzene rings is 2. The van der Waals surface area contributed by atoms with E-state index < -0.39 is 4.92 Å². The molecule has 9 heteroatoms. The summed E-state index contributed by atoms with van der Waals surface area (Å²) in [4.78, 5) is 25.6. The number of carbonyl (C=O) groups excluding carboxylic acids is 1. The molecule has 1 amide bonds. The molecule has 0 radical (unpaired) electrons. The third kappa shape index (κ3) is 6.03. The first-order valence-electron chi connectivity index (χ1n) is 11.1. The summed E-state index contributed by atoms with van der Waals surface area (Å²) in [7, 11) is 0. The van der Waals surface area contributed by atoms with Gasteiger partial charge in [0, 0.05) is 49.1 Å². The molecule has 1 saturated heterocycles. The Bertz CT molecular complexity index is 1080. The standard InChI is InChI=1S/C24H27N5O4/c30-23(25-11-4-12-27-13-15-33-16-14-27)17-20-18-28(21-5-2-1-3-6-21)26-24(20)19-7-9-22(10-8-19)29(31)32/h1-3,5-10,18H,4,11-17H2,(H,25,30). The van der Waals surface area contributed by atoms with Crippen molar-refractivity contribution in [2.45, 2.75) is 12.8 Å². The minimum atomic E-state index is -0.433. The van der Waals surface area contributed by atoms with Crippen LogP contribution in [0.3, 0.4) is 0 Å². The first-order valence-corrected chi connectivity index (χ1v) is 11.1. The summed E-state index contributed by atoms with van der Waals surface area (Å²) in [5.41, 5.74) is 3.01. The van der Waals surface area contributed by atoms with Crippen LogP contribution in [-0.4, -0.2) is 64.9 Å². The summed E-state index contributed by atoms with van der Waals surface area (Å²) >= 11 is 0. The number of para-hydroxylation sites is 1. The zero-order valence-electron chi connectivity index (χ0n) is 18.4. The highest BCUT2D eigenvalue weighted by molar-refractivity contribution is 5.81. The molecule has 0 unspecified atom stereocenters. The Kier molecular flexibility index (Phi) is 7.43. The van der Waals surface area contributed by atoms with Crippen LogP contribution in [0.5, 0.6) is 0 Å².